The highest BCUT2D eigenvalue weighted by Crippen LogP contribution is 2.07. The van der Waals surface area contributed by atoms with Crippen LogP contribution in [0.2, 0.25) is 0 Å². The lowest BCUT2D eigenvalue weighted by Gasteiger charge is -2.08. The van der Waals surface area contributed by atoms with Crippen LogP contribution in [0.25, 0.3) is 5.65 Å². The summed E-state index contributed by atoms with van der Waals surface area (Å²) in [7, 11) is 0. The van der Waals surface area contributed by atoms with Crippen molar-refractivity contribution in [2.75, 3.05) is 5.32 Å². The Bertz CT molecular complexity index is 870. The van der Waals surface area contributed by atoms with Crippen LogP contribution in [-0.4, -0.2) is 15.3 Å². The summed E-state index contributed by atoms with van der Waals surface area (Å²) >= 11 is 0. The van der Waals surface area contributed by atoms with E-state index in [1.165, 1.54) is 10.6 Å². The minimum atomic E-state index is -0.331. The first-order valence-corrected chi connectivity index (χ1v) is 6.50. The highest BCUT2D eigenvalue weighted by Gasteiger charge is 2.10. The van der Waals surface area contributed by atoms with E-state index in [0.29, 0.717) is 11.2 Å². The third kappa shape index (κ3) is 2.41. The zero-order valence-corrected chi connectivity index (χ0v) is 11.4. The smallest absolute Gasteiger partial charge is 0.281 e. The van der Waals surface area contributed by atoms with Crippen LogP contribution in [0.15, 0.2) is 59.5 Å². The summed E-state index contributed by atoms with van der Waals surface area (Å²) in [6, 6.07) is 14.1. The van der Waals surface area contributed by atoms with Crippen LogP contribution in [0.4, 0.5) is 5.69 Å². The van der Waals surface area contributed by atoms with E-state index in [-0.39, 0.29) is 17.2 Å². The van der Waals surface area contributed by atoms with Gasteiger partial charge in [0, 0.05) is 11.3 Å². The van der Waals surface area contributed by atoms with Crippen LogP contribution in [0.5, 0.6) is 0 Å². The van der Waals surface area contributed by atoms with Gasteiger partial charge in [-0.05, 0) is 31.2 Å². The molecule has 2 aromatic heterocycles. The predicted molar refractivity (Wildman–Crippen MR) is 80.6 cm³/mol. The zero-order valence-electron chi connectivity index (χ0n) is 11.4. The van der Waals surface area contributed by atoms with Crippen LogP contribution in [0, 0.1) is 6.92 Å². The summed E-state index contributed by atoms with van der Waals surface area (Å²) in [6.07, 6.45) is 1.39. The van der Waals surface area contributed by atoms with E-state index in [2.05, 4.69) is 10.3 Å². The van der Waals surface area contributed by atoms with E-state index in [9.17, 15) is 9.59 Å². The van der Waals surface area contributed by atoms with Crippen molar-refractivity contribution in [2.45, 2.75) is 6.92 Å². The number of hydrogen-bond donors (Lipinski definition) is 1. The fourth-order valence-corrected chi connectivity index (χ4v) is 2.14. The van der Waals surface area contributed by atoms with Crippen molar-refractivity contribution in [1.82, 2.24) is 9.38 Å². The average Bonchev–Trinajstić information content (AvgIpc) is 2.51. The number of rotatable bonds is 2. The Morgan fingerprint density at radius 2 is 1.86 bits per heavy atom. The molecule has 0 radical (unpaired) electrons. The summed E-state index contributed by atoms with van der Waals surface area (Å²) in [5, 5.41) is 2.61. The molecule has 1 amide bonds. The van der Waals surface area contributed by atoms with Crippen molar-refractivity contribution >= 4 is 17.2 Å². The van der Waals surface area contributed by atoms with Gasteiger partial charge in [-0.25, -0.2) is 4.98 Å². The molecule has 0 unspecified atom stereocenters. The van der Waals surface area contributed by atoms with Crippen LogP contribution < -0.4 is 10.9 Å². The van der Waals surface area contributed by atoms with Crippen molar-refractivity contribution in [1.29, 1.82) is 0 Å². The number of fused-ring (bicyclic) bond motifs is 1. The van der Waals surface area contributed by atoms with Crippen LogP contribution in [-0.2, 0) is 0 Å². The number of carbonyl (C=O) groups excluding carboxylic acids is 1. The third-order valence-corrected chi connectivity index (χ3v) is 3.21. The van der Waals surface area contributed by atoms with Gasteiger partial charge in [0.15, 0.2) is 0 Å². The minimum absolute atomic E-state index is 0.163. The van der Waals surface area contributed by atoms with E-state index in [1.54, 1.807) is 30.3 Å². The number of hydrogen-bond acceptors (Lipinski definition) is 3. The van der Waals surface area contributed by atoms with E-state index in [0.717, 1.165) is 5.69 Å². The fraction of sp³-hybridized carbons (Fsp3) is 0.0625. The van der Waals surface area contributed by atoms with Crippen molar-refractivity contribution < 1.29 is 4.79 Å². The molecule has 5 nitrogen and oxygen atoms in total. The normalized spacial score (nSPS) is 10.5. The van der Waals surface area contributed by atoms with Gasteiger partial charge in [0.25, 0.3) is 11.5 Å². The summed E-state index contributed by atoms with van der Waals surface area (Å²) in [5.74, 6) is -0.331. The number of benzene rings is 1. The monoisotopic (exact) mass is 279 g/mol. The maximum Gasteiger partial charge on any atom is 0.281 e. The quantitative estimate of drug-likeness (QED) is 0.782. The second kappa shape index (κ2) is 5.20. The van der Waals surface area contributed by atoms with E-state index >= 15 is 0 Å². The lowest BCUT2D eigenvalue weighted by atomic mass is 10.2. The van der Waals surface area contributed by atoms with Crippen molar-refractivity contribution in [2.24, 2.45) is 0 Å². The van der Waals surface area contributed by atoms with Crippen LogP contribution in [0.3, 0.4) is 0 Å². The second-order valence-electron chi connectivity index (χ2n) is 4.66. The highest BCUT2D eigenvalue weighted by molar-refractivity contribution is 6.04. The SMILES string of the molecule is Cc1cccc2ncc(NC(=O)c3ccccc3)c(=O)n12. The maximum atomic E-state index is 12.4. The van der Waals surface area contributed by atoms with Gasteiger partial charge in [-0.3, -0.25) is 14.0 Å². The molecule has 0 atom stereocenters. The minimum Gasteiger partial charge on any atom is -0.316 e. The van der Waals surface area contributed by atoms with E-state index < -0.39 is 0 Å². The number of pyridine rings is 1. The van der Waals surface area contributed by atoms with Crippen molar-refractivity contribution in [3.05, 3.63) is 76.3 Å². The molecular formula is C16H13N3O2. The molecule has 0 aliphatic heterocycles. The molecule has 3 aromatic rings. The Labute approximate surface area is 120 Å². The summed E-state index contributed by atoms with van der Waals surface area (Å²) < 4.78 is 1.47. The fourth-order valence-electron chi connectivity index (χ4n) is 2.14. The summed E-state index contributed by atoms with van der Waals surface area (Å²) in [5.41, 5.74) is 1.68. The maximum absolute atomic E-state index is 12.4. The summed E-state index contributed by atoms with van der Waals surface area (Å²) in [4.78, 5) is 28.7. The molecule has 0 aliphatic rings. The van der Waals surface area contributed by atoms with Crippen molar-refractivity contribution in [3.63, 3.8) is 0 Å². The van der Waals surface area contributed by atoms with Gasteiger partial charge in [0.2, 0.25) is 0 Å². The number of anilines is 1. The van der Waals surface area contributed by atoms with Crippen LogP contribution in [0.1, 0.15) is 16.1 Å². The first kappa shape index (κ1) is 13.1. The largest absolute Gasteiger partial charge is 0.316 e. The van der Waals surface area contributed by atoms with Gasteiger partial charge in [-0.15, -0.1) is 0 Å². The van der Waals surface area contributed by atoms with E-state index in [4.69, 9.17) is 0 Å². The number of aryl methyl sites for hydroxylation is 1. The number of nitrogens with zero attached hydrogens (tertiary/aromatic N) is 2. The zero-order chi connectivity index (χ0) is 14.8. The molecule has 0 bridgehead atoms. The summed E-state index contributed by atoms with van der Waals surface area (Å²) in [6.45, 7) is 1.82. The standard InChI is InChI=1S/C16H13N3O2/c1-11-6-5-9-14-17-10-13(16(21)19(11)14)18-15(20)12-7-3-2-4-8-12/h2-10H,1H3,(H,18,20). The van der Waals surface area contributed by atoms with Gasteiger partial charge in [-0.1, -0.05) is 24.3 Å². The molecule has 0 fully saturated rings. The number of aromatic nitrogens is 2. The van der Waals surface area contributed by atoms with Gasteiger partial charge < -0.3 is 5.32 Å². The number of amides is 1. The average molecular weight is 279 g/mol. The van der Waals surface area contributed by atoms with Crippen molar-refractivity contribution in [3.8, 4) is 0 Å². The Morgan fingerprint density at radius 3 is 2.62 bits per heavy atom. The molecule has 21 heavy (non-hydrogen) atoms. The Morgan fingerprint density at radius 1 is 1.10 bits per heavy atom. The Kier molecular flexibility index (Phi) is 3.23. The molecule has 0 aliphatic carbocycles. The third-order valence-electron chi connectivity index (χ3n) is 3.21. The Hall–Kier alpha value is -2.95. The van der Waals surface area contributed by atoms with Gasteiger partial charge in [-0.2, -0.15) is 0 Å². The lowest BCUT2D eigenvalue weighted by Crippen LogP contribution is -2.24. The molecule has 1 N–H and O–H groups in total. The molecule has 0 saturated heterocycles. The Balaban J connectivity index is 2.03. The van der Waals surface area contributed by atoms with Gasteiger partial charge in [0.05, 0.1) is 6.20 Å². The highest BCUT2D eigenvalue weighted by atomic mass is 16.2. The first-order valence-electron chi connectivity index (χ1n) is 6.50. The molecule has 0 spiro atoms. The number of carbonyl (C=O) groups is 1. The molecule has 0 saturated carbocycles. The molecular weight excluding hydrogens is 266 g/mol. The second-order valence-corrected chi connectivity index (χ2v) is 4.66. The lowest BCUT2D eigenvalue weighted by molar-refractivity contribution is 0.102. The predicted octanol–water partition coefficient (Wildman–Crippen LogP) is 2.26. The first-order chi connectivity index (χ1) is 10.2. The molecule has 5 heteroatoms. The number of nitrogens with one attached hydrogen (secondary N) is 1. The molecule has 2 heterocycles. The molecule has 1 aromatic carbocycles. The van der Waals surface area contributed by atoms with E-state index in [1.807, 2.05) is 25.1 Å². The molecule has 104 valence electrons. The van der Waals surface area contributed by atoms with Gasteiger partial charge in [0.1, 0.15) is 11.3 Å². The van der Waals surface area contributed by atoms with Gasteiger partial charge >= 0.3 is 0 Å². The molecule has 3 rings (SSSR count). The van der Waals surface area contributed by atoms with Crippen LogP contribution >= 0.6 is 0 Å². The topological polar surface area (TPSA) is 63.5 Å².